The molecule has 6 rings (SSSR count). The molecule has 0 spiro atoms. The van der Waals surface area contributed by atoms with Crippen LogP contribution in [-0.4, -0.2) is 159 Å². The molecule has 21 heteroatoms. The van der Waals surface area contributed by atoms with Crippen molar-refractivity contribution in [1.29, 1.82) is 0 Å². The Balaban J connectivity index is 1.40. The largest absolute Gasteiger partial charge is 0.378 e. The predicted octanol–water partition coefficient (Wildman–Crippen LogP) is 0.951. The Labute approximate surface area is 441 Å². The lowest BCUT2D eigenvalue weighted by atomic mass is 9.98. The highest BCUT2D eigenvalue weighted by atomic mass is 16.2. The van der Waals surface area contributed by atoms with Gasteiger partial charge in [0.15, 0.2) is 0 Å². The van der Waals surface area contributed by atoms with Gasteiger partial charge in [0, 0.05) is 38.8 Å². The second kappa shape index (κ2) is 25.8. The molecule has 0 radical (unpaired) electrons. The molecule has 0 bridgehead atoms. The zero-order valence-electron chi connectivity index (χ0n) is 45.0. The molecule has 5 aliphatic heterocycles. The van der Waals surface area contributed by atoms with Gasteiger partial charge in [0.05, 0.1) is 0 Å². The molecule has 0 aliphatic carbocycles. The number of benzene rings is 1. The van der Waals surface area contributed by atoms with Gasteiger partial charge in [-0.25, -0.2) is 0 Å². The van der Waals surface area contributed by atoms with Crippen LogP contribution >= 0.6 is 0 Å². The van der Waals surface area contributed by atoms with E-state index in [-0.39, 0.29) is 75.8 Å². The summed E-state index contributed by atoms with van der Waals surface area (Å²) in [5, 5.41) is 17.2. The molecule has 0 aromatic heterocycles. The van der Waals surface area contributed by atoms with Gasteiger partial charge < -0.3 is 57.2 Å². The van der Waals surface area contributed by atoms with Crippen molar-refractivity contribution in [3.8, 4) is 0 Å². The summed E-state index contributed by atoms with van der Waals surface area (Å²) >= 11 is 0. The second-order valence-electron chi connectivity index (χ2n) is 22.1. The zero-order chi connectivity index (χ0) is 54.8. The standard InChI is InChI=1S/C54H81N11O10/c1-9-33(8)44(45(55)66)61-49(70)39-20-13-23-62(39)52(73)37-29-56-43(32(6)7)54(75)64-25-15-21-40(64)48(69)60-42(31(4)5)50(71)58-36(28-34-17-11-10-12-18-34)51(72)65-26-16-22-41(65)53(74)63-24-14-19-38(63)47(68)57-35(27-30(2)3)46(67)59-37/h10-12,17-18,29-33,35-36,38-44,56H,9,13-16,19-28H2,1-8H3,(H2,55,66)(H,57,68)(H,58,71)(H,59,67)(H,60,69)(H,61,70)/t33-,35-,36-,38-,39-,40-,41-,42+,43-,44-/m0/s1. The number of likely N-dealkylation sites (tertiary alicyclic amines) is 1. The average Bonchev–Trinajstić information content (AvgIpc) is 4.23. The second-order valence-corrected chi connectivity index (χ2v) is 22.1. The summed E-state index contributed by atoms with van der Waals surface area (Å²) in [6.45, 7) is 15.2. The minimum absolute atomic E-state index is 0.0929. The monoisotopic (exact) mass is 1040 g/mol. The topological polar surface area (TPSA) is 282 Å². The number of rotatable bonds is 12. The molecule has 412 valence electrons. The van der Waals surface area contributed by atoms with Gasteiger partial charge in [0.25, 0.3) is 5.91 Å². The summed E-state index contributed by atoms with van der Waals surface area (Å²) < 4.78 is 0. The van der Waals surface area contributed by atoms with E-state index in [9.17, 15) is 47.9 Å². The van der Waals surface area contributed by atoms with E-state index >= 15 is 0 Å². The highest BCUT2D eigenvalue weighted by molar-refractivity contribution is 6.03. The number of nitrogens with two attached hydrogens (primary N) is 1. The van der Waals surface area contributed by atoms with Crippen LogP contribution in [0.5, 0.6) is 0 Å². The lowest BCUT2D eigenvalue weighted by Crippen LogP contribution is -2.61. The average molecular weight is 1040 g/mol. The third kappa shape index (κ3) is 13.9. The maximum absolute atomic E-state index is 14.9. The van der Waals surface area contributed by atoms with Crippen LogP contribution in [0.3, 0.4) is 0 Å². The van der Waals surface area contributed by atoms with Crippen molar-refractivity contribution in [2.75, 3.05) is 26.2 Å². The van der Waals surface area contributed by atoms with Gasteiger partial charge >= 0.3 is 0 Å². The predicted molar refractivity (Wildman–Crippen MR) is 278 cm³/mol. The first-order chi connectivity index (χ1) is 35.6. The van der Waals surface area contributed by atoms with Crippen LogP contribution in [0.15, 0.2) is 42.2 Å². The van der Waals surface area contributed by atoms with Gasteiger partial charge in [-0.05, 0) is 87.0 Å². The maximum Gasteiger partial charge on any atom is 0.272 e. The van der Waals surface area contributed by atoms with Crippen molar-refractivity contribution >= 4 is 59.1 Å². The Hall–Kier alpha value is -6.54. The maximum atomic E-state index is 14.9. The molecule has 5 heterocycles. The number of nitrogens with zero attached hydrogens (tertiary/aromatic N) is 4. The van der Waals surface area contributed by atoms with E-state index in [0.717, 1.165) is 5.56 Å². The Bertz CT molecular complexity index is 2330. The van der Waals surface area contributed by atoms with Crippen LogP contribution in [-0.2, 0) is 54.4 Å². The molecule has 10 amide bonds. The van der Waals surface area contributed by atoms with Gasteiger partial charge in [0.2, 0.25) is 53.2 Å². The highest BCUT2D eigenvalue weighted by Crippen LogP contribution is 2.28. The lowest BCUT2D eigenvalue weighted by molar-refractivity contribution is -0.148. The smallest absolute Gasteiger partial charge is 0.272 e. The fourth-order valence-corrected chi connectivity index (χ4v) is 11.0. The van der Waals surface area contributed by atoms with E-state index in [1.165, 1.54) is 25.8 Å². The Morgan fingerprint density at radius 3 is 1.76 bits per heavy atom. The first-order valence-electron chi connectivity index (χ1n) is 27.2. The molecule has 0 unspecified atom stereocenters. The number of hydrogen-bond donors (Lipinski definition) is 7. The molecular formula is C54H81N11O10. The summed E-state index contributed by atoms with van der Waals surface area (Å²) in [6, 6.07) is -0.368. The number of amides is 10. The first kappa shape index (κ1) is 57.7. The molecular weight excluding hydrogens is 963 g/mol. The Kier molecular flexibility index (Phi) is 19.9. The van der Waals surface area contributed by atoms with Crippen LogP contribution in [0.2, 0.25) is 0 Å². The molecule has 0 saturated carbocycles. The Morgan fingerprint density at radius 1 is 0.640 bits per heavy atom. The molecule has 4 fully saturated rings. The van der Waals surface area contributed by atoms with Crippen molar-refractivity contribution < 1.29 is 47.9 Å². The minimum Gasteiger partial charge on any atom is -0.378 e. The summed E-state index contributed by atoms with van der Waals surface area (Å²) in [6.07, 6.45) is 4.96. The van der Waals surface area contributed by atoms with E-state index in [0.29, 0.717) is 38.5 Å². The number of carbonyl (C=O) groups is 10. The number of primary amides is 1. The number of carbonyl (C=O) groups excluding carboxylic acids is 10. The molecule has 75 heavy (non-hydrogen) atoms. The fraction of sp³-hybridized carbons (Fsp3) is 0.667. The Morgan fingerprint density at radius 2 is 1.19 bits per heavy atom. The highest BCUT2D eigenvalue weighted by Gasteiger charge is 2.46. The lowest BCUT2D eigenvalue weighted by Gasteiger charge is -2.34. The SMILES string of the molecule is CC[C@H](C)[C@H](NC(=O)[C@@H]1CCCN1C(=O)C1=CN[C@@H](C(C)C)C(=O)N2CCC[C@H]2C(=O)N[C@H](C(C)C)C(=O)N[C@@H](Cc2ccccc2)C(=O)N2CCC[C@H]2C(=O)N2CCC[C@H]2C(=O)N[C@@H](CC(C)C)C(=O)N1)C(N)=O. The summed E-state index contributed by atoms with van der Waals surface area (Å²) in [4.78, 5) is 149. The molecule has 10 atom stereocenters. The van der Waals surface area contributed by atoms with E-state index in [1.807, 2.05) is 51.1 Å². The molecule has 4 saturated heterocycles. The van der Waals surface area contributed by atoms with Crippen LogP contribution in [0.25, 0.3) is 0 Å². The molecule has 8 N–H and O–H groups in total. The van der Waals surface area contributed by atoms with Crippen LogP contribution in [0, 0.1) is 23.7 Å². The first-order valence-corrected chi connectivity index (χ1v) is 27.2. The van der Waals surface area contributed by atoms with E-state index in [2.05, 4.69) is 31.9 Å². The van der Waals surface area contributed by atoms with Gasteiger partial charge in [-0.2, -0.15) is 0 Å². The van der Waals surface area contributed by atoms with E-state index in [4.69, 9.17) is 5.73 Å². The molecule has 1 aromatic rings. The van der Waals surface area contributed by atoms with E-state index < -0.39 is 125 Å². The van der Waals surface area contributed by atoms with Crippen LogP contribution < -0.4 is 37.6 Å². The van der Waals surface area contributed by atoms with Gasteiger partial charge in [0.1, 0.15) is 60.1 Å². The van der Waals surface area contributed by atoms with Gasteiger partial charge in [-0.1, -0.05) is 92.1 Å². The summed E-state index contributed by atoms with van der Waals surface area (Å²) in [7, 11) is 0. The quantitative estimate of drug-likeness (QED) is 0.155. The number of nitrogens with one attached hydrogen (secondary N) is 6. The third-order valence-corrected chi connectivity index (χ3v) is 15.4. The molecule has 1 aromatic carbocycles. The zero-order valence-corrected chi connectivity index (χ0v) is 45.0. The molecule has 21 nitrogen and oxygen atoms in total. The fourth-order valence-electron chi connectivity index (χ4n) is 11.0. The number of hydrogen-bond acceptors (Lipinski definition) is 11. The van der Waals surface area contributed by atoms with Crippen molar-refractivity contribution in [3.05, 3.63) is 47.8 Å². The van der Waals surface area contributed by atoms with Gasteiger partial charge in [-0.3, -0.25) is 47.9 Å². The molecule has 5 aliphatic rings. The summed E-state index contributed by atoms with van der Waals surface area (Å²) in [5.74, 6) is -7.39. The third-order valence-electron chi connectivity index (χ3n) is 15.4. The minimum atomic E-state index is -1.23. The van der Waals surface area contributed by atoms with Gasteiger partial charge in [-0.15, -0.1) is 0 Å². The van der Waals surface area contributed by atoms with Crippen LogP contribution in [0.1, 0.15) is 125 Å². The number of fused-ring (bicyclic) bond motifs is 3. The van der Waals surface area contributed by atoms with E-state index in [1.54, 1.807) is 34.6 Å². The summed E-state index contributed by atoms with van der Waals surface area (Å²) in [5.41, 5.74) is 6.11. The van der Waals surface area contributed by atoms with Crippen LogP contribution in [0.4, 0.5) is 0 Å². The van der Waals surface area contributed by atoms with Crippen molar-refractivity contribution in [2.45, 2.75) is 180 Å². The van der Waals surface area contributed by atoms with Crippen molar-refractivity contribution in [3.63, 3.8) is 0 Å². The van der Waals surface area contributed by atoms with Crippen molar-refractivity contribution in [1.82, 2.24) is 51.5 Å². The normalized spacial score (nSPS) is 27.6. The van der Waals surface area contributed by atoms with Crippen molar-refractivity contribution in [2.24, 2.45) is 29.4 Å².